The number of nitrogens with zero attached hydrogens (tertiary/aromatic N) is 1. The van der Waals surface area contributed by atoms with E-state index < -0.39 is 5.91 Å². The highest BCUT2D eigenvalue weighted by atomic mass is 35.5. The van der Waals surface area contributed by atoms with E-state index in [4.69, 9.17) is 17.4 Å². The Morgan fingerprint density at radius 3 is 2.67 bits per heavy atom. The molecule has 0 aliphatic carbocycles. The smallest absolute Gasteiger partial charge is 0.259 e. The summed E-state index contributed by atoms with van der Waals surface area (Å²) < 4.78 is 1.43. The second kappa shape index (κ2) is 5.36. The van der Waals surface area contributed by atoms with Crippen LogP contribution in [0.5, 0.6) is 0 Å². The molecular weight excluding hydrogens is 328 g/mol. The zero-order valence-corrected chi connectivity index (χ0v) is 13.2. The van der Waals surface area contributed by atoms with Crippen LogP contribution in [0.4, 0.5) is 0 Å². The molecule has 0 saturated carbocycles. The Bertz CT molecular complexity index is 1180. The number of H-pyrrole nitrogens is 1. The van der Waals surface area contributed by atoms with Gasteiger partial charge in [0.15, 0.2) is 0 Å². The third-order valence-corrected chi connectivity index (χ3v) is 4.37. The van der Waals surface area contributed by atoms with E-state index in [1.165, 1.54) is 4.57 Å². The van der Waals surface area contributed by atoms with E-state index in [2.05, 4.69) is 10.4 Å². The number of hydrazine groups is 1. The Kier molecular flexibility index (Phi) is 3.30. The zero-order chi connectivity index (χ0) is 16.8. The van der Waals surface area contributed by atoms with Gasteiger partial charge in [-0.25, -0.2) is 5.84 Å². The molecule has 0 saturated heterocycles. The standard InChI is InChI=1S/C17H13ClN4O2/c18-9-5-6-13-12(7-9)16-15(20-13)10-3-1-2-4-11(10)17(24)22(16)8-14(23)21-19/h1-7,20H,8,19H2,(H,21,23). The first-order chi connectivity index (χ1) is 11.6. The fourth-order valence-electron chi connectivity index (χ4n) is 3.10. The van der Waals surface area contributed by atoms with Crippen LogP contribution in [0.2, 0.25) is 5.02 Å². The molecule has 6 nitrogen and oxygen atoms in total. The van der Waals surface area contributed by atoms with Crippen LogP contribution in [0, 0.1) is 0 Å². The number of benzene rings is 2. The molecule has 0 bridgehead atoms. The molecule has 0 unspecified atom stereocenters. The highest BCUT2D eigenvalue weighted by molar-refractivity contribution is 6.32. The molecule has 0 fully saturated rings. The summed E-state index contributed by atoms with van der Waals surface area (Å²) in [6.45, 7) is -0.171. The molecule has 0 spiro atoms. The number of carbonyl (C=O) groups is 1. The van der Waals surface area contributed by atoms with Crippen molar-refractivity contribution in [3.8, 4) is 0 Å². The van der Waals surface area contributed by atoms with Gasteiger partial charge in [-0.2, -0.15) is 0 Å². The quantitative estimate of drug-likeness (QED) is 0.297. The summed E-state index contributed by atoms with van der Waals surface area (Å²) in [4.78, 5) is 28.0. The van der Waals surface area contributed by atoms with Crippen molar-refractivity contribution in [1.29, 1.82) is 0 Å². The summed E-state index contributed by atoms with van der Waals surface area (Å²) in [7, 11) is 0. The molecule has 4 N–H and O–H groups in total. The van der Waals surface area contributed by atoms with Crippen molar-refractivity contribution >= 4 is 50.2 Å². The molecule has 120 valence electrons. The summed E-state index contributed by atoms with van der Waals surface area (Å²) in [5, 5.41) is 2.67. The van der Waals surface area contributed by atoms with Crippen molar-refractivity contribution in [2.75, 3.05) is 0 Å². The number of nitrogens with two attached hydrogens (primary N) is 1. The molecule has 2 heterocycles. The van der Waals surface area contributed by atoms with Crippen molar-refractivity contribution in [1.82, 2.24) is 15.0 Å². The van der Waals surface area contributed by atoms with Crippen LogP contribution in [0.25, 0.3) is 32.7 Å². The van der Waals surface area contributed by atoms with Gasteiger partial charge in [-0.15, -0.1) is 0 Å². The topological polar surface area (TPSA) is 92.9 Å². The van der Waals surface area contributed by atoms with Gasteiger partial charge in [0.2, 0.25) is 0 Å². The van der Waals surface area contributed by atoms with E-state index >= 15 is 0 Å². The number of halogens is 1. The minimum atomic E-state index is -0.454. The van der Waals surface area contributed by atoms with E-state index in [0.29, 0.717) is 15.9 Å². The van der Waals surface area contributed by atoms with Gasteiger partial charge in [-0.3, -0.25) is 19.6 Å². The summed E-state index contributed by atoms with van der Waals surface area (Å²) in [6.07, 6.45) is 0. The maximum absolute atomic E-state index is 12.9. The lowest BCUT2D eigenvalue weighted by molar-refractivity contribution is -0.121. The Hall–Kier alpha value is -2.83. The number of aromatic amines is 1. The largest absolute Gasteiger partial charge is 0.353 e. The van der Waals surface area contributed by atoms with Crippen LogP contribution in [0.1, 0.15) is 0 Å². The maximum atomic E-state index is 12.9. The number of hydrogen-bond donors (Lipinski definition) is 3. The Morgan fingerprint density at radius 2 is 1.92 bits per heavy atom. The van der Waals surface area contributed by atoms with Gasteiger partial charge in [0, 0.05) is 26.7 Å². The molecular formula is C17H13ClN4O2. The second-order valence-corrected chi connectivity index (χ2v) is 5.98. The van der Waals surface area contributed by atoms with Crippen molar-refractivity contribution in [2.45, 2.75) is 6.54 Å². The van der Waals surface area contributed by atoms with Gasteiger partial charge in [-0.1, -0.05) is 29.8 Å². The summed E-state index contributed by atoms with van der Waals surface area (Å²) >= 11 is 6.12. The van der Waals surface area contributed by atoms with Crippen LogP contribution in [0.15, 0.2) is 47.3 Å². The number of amides is 1. The number of hydrogen-bond acceptors (Lipinski definition) is 3. The monoisotopic (exact) mass is 340 g/mol. The predicted octanol–water partition coefficient (Wildman–Crippen LogP) is 2.28. The fourth-order valence-corrected chi connectivity index (χ4v) is 3.27. The minimum Gasteiger partial charge on any atom is -0.353 e. The maximum Gasteiger partial charge on any atom is 0.259 e. The van der Waals surface area contributed by atoms with Crippen LogP contribution in [-0.4, -0.2) is 15.5 Å². The third-order valence-electron chi connectivity index (χ3n) is 4.14. The van der Waals surface area contributed by atoms with E-state index in [-0.39, 0.29) is 12.1 Å². The highest BCUT2D eigenvalue weighted by Crippen LogP contribution is 2.31. The number of nitrogens with one attached hydrogen (secondary N) is 2. The SMILES string of the molecule is NNC(=O)Cn1c(=O)c2ccccc2c2[nH]c3ccc(Cl)cc3c21. The minimum absolute atomic E-state index is 0.171. The fraction of sp³-hybridized carbons (Fsp3) is 0.0588. The number of carbonyl (C=O) groups excluding carboxylic acids is 1. The Balaban J connectivity index is 2.25. The lowest BCUT2D eigenvalue weighted by Crippen LogP contribution is -2.36. The summed E-state index contributed by atoms with van der Waals surface area (Å²) in [5.41, 5.74) is 4.09. The molecule has 7 heteroatoms. The van der Waals surface area contributed by atoms with Crippen molar-refractivity contribution < 1.29 is 4.79 Å². The highest BCUT2D eigenvalue weighted by Gasteiger charge is 2.17. The van der Waals surface area contributed by atoms with E-state index in [1.54, 1.807) is 24.3 Å². The van der Waals surface area contributed by atoms with Crippen LogP contribution in [-0.2, 0) is 11.3 Å². The van der Waals surface area contributed by atoms with Crippen LogP contribution >= 0.6 is 11.6 Å². The van der Waals surface area contributed by atoms with Crippen LogP contribution in [0.3, 0.4) is 0 Å². The summed E-state index contributed by atoms with van der Waals surface area (Å²) in [6, 6.07) is 12.7. The Morgan fingerprint density at radius 1 is 1.17 bits per heavy atom. The molecule has 0 aliphatic rings. The van der Waals surface area contributed by atoms with Crippen molar-refractivity contribution in [3.05, 3.63) is 57.8 Å². The first kappa shape index (κ1) is 14.7. The van der Waals surface area contributed by atoms with E-state index in [9.17, 15) is 9.59 Å². The zero-order valence-electron chi connectivity index (χ0n) is 12.5. The first-order valence-corrected chi connectivity index (χ1v) is 7.70. The first-order valence-electron chi connectivity index (χ1n) is 7.32. The number of rotatable bonds is 2. The van der Waals surface area contributed by atoms with Crippen molar-refractivity contribution in [3.63, 3.8) is 0 Å². The Labute approximate surface area is 140 Å². The van der Waals surface area contributed by atoms with Crippen molar-refractivity contribution in [2.24, 2.45) is 5.84 Å². The normalized spacial score (nSPS) is 11.4. The molecule has 24 heavy (non-hydrogen) atoms. The molecule has 1 amide bonds. The number of aromatic nitrogens is 2. The number of pyridine rings is 1. The van der Waals surface area contributed by atoms with Gasteiger partial charge in [0.25, 0.3) is 11.5 Å². The van der Waals surface area contributed by atoms with E-state index in [1.807, 2.05) is 18.2 Å². The molecule has 4 rings (SSSR count). The number of fused-ring (bicyclic) bond motifs is 5. The van der Waals surface area contributed by atoms with Gasteiger partial charge in [0.05, 0.1) is 11.0 Å². The summed E-state index contributed by atoms with van der Waals surface area (Å²) in [5.74, 6) is 4.74. The third kappa shape index (κ3) is 2.08. The molecule has 4 aromatic rings. The molecule has 0 radical (unpaired) electrons. The lowest BCUT2D eigenvalue weighted by Gasteiger charge is -2.10. The van der Waals surface area contributed by atoms with Gasteiger partial charge < -0.3 is 4.98 Å². The van der Waals surface area contributed by atoms with Gasteiger partial charge >= 0.3 is 0 Å². The molecule has 0 aliphatic heterocycles. The average Bonchev–Trinajstić information content (AvgIpc) is 2.97. The average molecular weight is 341 g/mol. The molecule has 0 atom stereocenters. The molecule has 2 aromatic heterocycles. The van der Waals surface area contributed by atoms with Gasteiger partial charge in [-0.05, 0) is 24.3 Å². The lowest BCUT2D eigenvalue weighted by atomic mass is 10.1. The van der Waals surface area contributed by atoms with Crippen LogP contribution < -0.4 is 16.8 Å². The second-order valence-electron chi connectivity index (χ2n) is 5.54. The van der Waals surface area contributed by atoms with Gasteiger partial charge in [0.1, 0.15) is 6.54 Å². The predicted molar refractivity (Wildman–Crippen MR) is 94.9 cm³/mol. The molecule has 2 aromatic carbocycles. The van der Waals surface area contributed by atoms with E-state index in [0.717, 1.165) is 21.8 Å².